The molecule has 0 aliphatic rings. The van der Waals surface area contributed by atoms with Crippen molar-refractivity contribution in [2.75, 3.05) is 6.54 Å². The van der Waals surface area contributed by atoms with Crippen molar-refractivity contribution < 1.29 is 14.3 Å². The van der Waals surface area contributed by atoms with Crippen LogP contribution in [0.25, 0.3) is 0 Å². The molecule has 0 saturated carbocycles. The Morgan fingerprint density at radius 1 is 1.15 bits per heavy atom. The van der Waals surface area contributed by atoms with Crippen molar-refractivity contribution in [3.8, 4) is 0 Å². The number of unbranched alkanes of at least 4 members (excludes halogenated alkanes) is 2. The largest absolute Gasteiger partial charge is 0.459 e. The second-order valence-corrected chi connectivity index (χ2v) is 6.34. The standard InChI is InChI=1S/C15H30N2O3/c1-11(10-16)13(18)9-7-5-6-8-12(17)14(19)20-15(2,3)4/h11-12H,5-10,16-17H2,1-4H3/t11?,12-/m0/s1. The van der Waals surface area contributed by atoms with E-state index < -0.39 is 11.6 Å². The van der Waals surface area contributed by atoms with Crippen molar-refractivity contribution in [1.29, 1.82) is 0 Å². The minimum atomic E-state index is -0.576. The van der Waals surface area contributed by atoms with Gasteiger partial charge in [0, 0.05) is 18.9 Å². The molecular weight excluding hydrogens is 256 g/mol. The summed E-state index contributed by atoms with van der Waals surface area (Å²) in [6, 6.07) is -0.576. The maximum Gasteiger partial charge on any atom is 0.323 e. The van der Waals surface area contributed by atoms with Crippen LogP contribution in [0.3, 0.4) is 0 Å². The molecule has 0 rings (SSSR count). The van der Waals surface area contributed by atoms with E-state index in [1.807, 2.05) is 27.7 Å². The summed E-state index contributed by atoms with van der Waals surface area (Å²) in [4.78, 5) is 23.2. The van der Waals surface area contributed by atoms with E-state index >= 15 is 0 Å². The van der Waals surface area contributed by atoms with E-state index in [1.54, 1.807) is 0 Å². The Bertz CT molecular complexity index is 311. The molecule has 0 fully saturated rings. The number of hydrogen-bond donors (Lipinski definition) is 2. The van der Waals surface area contributed by atoms with Crippen LogP contribution in [-0.2, 0) is 14.3 Å². The van der Waals surface area contributed by atoms with Gasteiger partial charge in [0.15, 0.2) is 0 Å². The molecule has 0 amide bonds. The van der Waals surface area contributed by atoms with Crippen LogP contribution >= 0.6 is 0 Å². The summed E-state index contributed by atoms with van der Waals surface area (Å²) in [5, 5.41) is 0. The van der Waals surface area contributed by atoms with Crippen molar-refractivity contribution in [2.24, 2.45) is 17.4 Å². The van der Waals surface area contributed by atoms with Gasteiger partial charge in [0.25, 0.3) is 0 Å². The molecule has 0 aromatic carbocycles. The highest BCUT2D eigenvalue weighted by atomic mass is 16.6. The van der Waals surface area contributed by atoms with Crippen molar-refractivity contribution in [3.05, 3.63) is 0 Å². The Morgan fingerprint density at radius 2 is 1.75 bits per heavy atom. The third-order valence-corrected chi connectivity index (χ3v) is 3.05. The predicted molar refractivity (Wildman–Crippen MR) is 80.1 cm³/mol. The lowest BCUT2D eigenvalue weighted by molar-refractivity contribution is -0.156. The number of Topliss-reactive ketones (excluding diaryl/α,β-unsaturated/α-hetero) is 1. The molecule has 0 aromatic rings. The van der Waals surface area contributed by atoms with E-state index in [2.05, 4.69) is 0 Å². The van der Waals surface area contributed by atoms with Crippen LogP contribution in [0.2, 0.25) is 0 Å². The summed E-state index contributed by atoms with van der Waals surface area (Å²) in [5.41, 5.74) is 10.7. The minimum Gasteiger partial charge on any atom is -0.459 e. The van der Waals surface area contributed by atoms with E-state index in [4.69, 9.17) is 16.2 Å². The topological polar surface area (TPSA) is 95.4 Å². The van der Waals surface area contributed by atoms with Crippen LogP contribution in [0.5, 0.6) is 0 Å². The molecule has 5 nitrogen and oxygen atoms in total. The molecule has 2 atom stereocenters. The second-order valence-electron chi connectivity index (χ2n) is 6.34. The quantitative estimate of drug-likeness (QED) is 0.497. The van der Waals surface area contributed by atoms with Gasteiger partial charge < -0.3 is 16.2 Å². The second kappa shape index (κ2) is 9.08. The molecule has 118 valence electrons. The van der Waals surface area contributed by atoms with Crippen LogP contribution in [0.15, 0.2) is 0 Å². The highest BCUT2D eigenvalue weighted by Crippen LogP contribution is 2.12. The van der Waals surface area contributed by atoms with Crippen molar-refractivity contribution in [1.82, 2.24) is 0 Å². The molecule has 0 aliphatic heterocycles. The van der Waals surface area contributed by atoms with Crippen LogP contribution in [0.1, 0.15) is 59.8 Å². The van der Waals surface area contributed by atoms with Gasteiger partial charge in [0.2, 0.25) is 0 Å². The Morgan fingerprint density at radius 3 is 2.25 bits per heavy atom. The third-order valence-electron chi connectivity index (χ3n) is 3.05. The Hall–Kier alpha value is -0.940. The molecule has 1 unspecified atom stereocenters. The van der Waals surface area contributed by atoms with E-state index in [1.165, 1.54) is 0 Å². The molecule has 5 heteroatoms. The molecule has 4 N–H and O–H groups in total. The predicted octanol–water partition coefficient (Wildman–Crippen LogP) is 1.77. The average Bonchev–Trinajstić information content (AvgIpc) is 2.34. The number of ether oxygens (including phenoxy) is 1. The lowest BCUT2D eigenvalue weighted by atomic mass is 10.00. The van der Waals surface area contributed by atoms with Crippen molar-refractivity contribution in [2.45, 2.75) is 71.4 Å². The van der Waals surface area contributed by atoms with E-state index in [0.717, 1.165) is 19.3 Å². The van der Waals surface area contributed by atoms with Crippen LogP contribution in [0.4, 0.5) is 0 Å². The molecule has 0 bridgehead atoms. The first kappa shape index (κ1) is 19.1. The zero-order valence-electron chi connectivity index (χ0n) is 13.3. The molecule has 0 radical (unpaired) electrons. The number of rotatable bonds is 9. The molecule has 0 heterocycles. The Labute approximate surface area is 122 Å². The number of nitrogens with two attached hydrogens (primary N) is 2. The molecular formula is C15H30N2O3. The lowest BCUT2D eigenvalue weighted by Gasteiger charge is -2.22. The third kappa shape index (κ3) is 9.04. The number of carbonyl (C=O) groups is 2. The maximum atomic E-state index is 11.6. The monoisotopic (exact) mass is 286 g/mol. The van der Waals surface area contributed by atoms with Crippen LogP contribution < -0.4 is 11.5 Å². The molecule has 0 spiro atoms. The summed E-state index contributed by atoms with van der Waals surface area (Å²) in [6.07, 6.45) is 3.68. The molecule has 20 heavy (non-hydrogen) atoms. The minimum absolute atomic E-state index is 0.0565. The number of hydrogen-bond acceptors (Lipinski definition) is 5. The maximum absolute atomic E-state index is 11.6. The number of carbonyl (C=O) groups excluding carboxylic acids is 2. The van der Waals surface area contributed by atoms with Crippen molar-refractivity contribution in [3.63, 3.8) is 0 Å². The van der Waals surface area contributed by atoms with Crippen molar-refractivity contribution >= 4 is 11.8 Å². The fourth-order valence-corrected chi connectivity index (χ4v) is 1.71. The van der Waals surface area contributed by atoms with Crippen LogP contribution in [-0.4, -0.2) is 29.9 Å². The Balaban J connectivity index is 3.75. The smallest absolute Gasteiger partial charge is 0.323 e. The van der Waals surface area contributed by atoms with E-state index in [9.17, 15) is 9.59 Å². The summed E-state index contributed by atoms with van der Waals surface area (Å²) in [5.74, 6) is -0.201. The Kier molecular flexibility index (Phi) is 8.65. The van der Waals surface area contributed by atoms with E-state index in [0.29, 0.717) is 19.4 Å². The zero-order valence-corrected chi connectivity index (χ0v) is 13.3. The fourth-order valence-electron chi connectivity index (χ4n) is 1.71. The summed E-state index contributed by atoms with van der Waals surface area (Å²) < 4.78 is 5.21. The normalized spacial score (nSPS) is 14.7. The van der Waals surface area contributed by atoms with Crippen LogP contribution in [0, 0.1) is 5.92 Å². The molecule has 0 aromatic heterocycles. The summed E-state index contributed by atoms with van der Waals surface area (Å²) in [6.45, 7) is 7.72. The first-order valence-electron chi connectivity index (χ1n) is 7.38. The van der Waals surface area contributed by atoms with Gasteiger partial charge in [-0.2, -0.15) is 0 Å². The highest BCUT2D eigenvalue weighted by Gasteiger charge is 2.21. The zero-order chi connectivity index (χ0) is 15.8. The lowest BCUT2D eigenvalue weighted by Crippen LogP contribution is -2.37. The van der Waals surface area contributed by atoms with Gasteiger partial charge in [-0.3, -0.25) is 9.59 Å². The SMILES string of the molecule is CC(CN)C(=O)CCCCC[C@H](N)C(=O)OC(C)(C)C. The van der Waals surface area contributed by atoms with Gasteiger partial charge in [-0.05, 0) is 33.6 Å². The fraction of sp³-hybridized carbons (Fsp3) is 0.867. The summed E-state index contributed by atoms with van der Waals surface area (Å²) in [7, 11) is 0. The van der Waals surface area contributed by atoms with Gasteiger partial charge in [0.05, 0.1) is 0 Å². The first-order valence-corrected chi connectivity index (χ1v) is 7.38. The van der Waals surface area contributed by atoms with Gasteiger partial charge in [-0.1, -0.05) is 19.8 Å². The highest BCUT2D eigenvalue weighted by molar-refractivity contribution is 5.80. The van der Waals surface area contributed by atoms with Gasteiger partial charge in [-0.25, -0.2) is 0 Å². The summed E-state index contributed by atoms with van der Waals surface area (Å²) >= 11 is 0. The van der Waals surface area contributed by atoms with E-state index in [-0.39, 0.29) is 17.7 Å². The molecule has 0 saturated heterocycles. The van der Waals surface area contributed by atoms with Gasteiger partial charge in [0.1, 0.15) is 17.4 Å². The number of esters is 1. The molecule has 0 aliphatic carbocycles. The van der Waals surface area contributed by atoms with Gasteiger partial charge in [-0.15, -0.1) is 0 Å². The average molecular weight is 286 g/mol. The first-order chi connectivity index (χ1) is 9.17. The van der Waals surface area contributed by atoms with Gasteiger partial charge >= 0.3 is 5.97 Å². The number of ketones is 1.